The number of rotatable bonds is 6. The first kappa shape index (κ1) is 14.4. The Morgan fingerprint density at radius 3 is 2.86 bits per heavy atom. The second-order valence-electron chi connectivity index (χ2n) is 6.00. The van der Waals surface area contributed by atoms with Crippen molar-refractivity contribution in [2.45, 2.75) is 38.9 Å². The Bertz CT molecular complexity index is 692. The number of imidazole rings is 1. The van der Waals surface area contributed by atoms with Gasteiger partial charge in [0.1, 0.15) is 0 Å². The van der Waals surface area contributed by atoms with E-state index in [4.69, 9.17) is 5.11 Å². The molecular formula is C15H19N3O2S. The second kappa shape index (κ2) is 5.33. The summed E-state index contributed by atoms with van der Waals surface area (Å²) in [6, 6.07) is 2.04. The molecule has 5 nitrogen and oxygen atoms in total. The lowest BCUT2D eigenvalue weighted by molar-refractivity contribution is -0.138. The Hall–Kier alpha value is -1.56. The van der Waals surface area contributed by atoms with Crippen LogP contribution in [0.5, 0.6) is 0 Å². The molecule has 6 heteroatoms. The van der Waals surface area contributed by atoms with Gasteiger partial charge < -0.3 is 5.11 Å². The van der Waals surface area contributed by atoms with Gasteiger partial charge in [-0.15, -0.1) is 0 Å². The van der Waals surface area contributed by atoms with Gasteiger partial charge in [-0.25, -0.2) is 9.97 Å². The molecule has 1 N–H and O–H groups in total. The minimum Gasteiger partial charge on any atom is -0.481 e. The summed E-state index contributed by atoms with van der Waals surface area (Å²) in [6.45, 7) is 4.02. The first-order chi connectivity index (χ1) is 9.97. The van der Waals surface area contributed by atoms with Gasteiger partial charge in [-0.2, -0.15) is 11.8 Å². The number of hydrogen-bond acceptors (Lipinski definition) is 4. The highest BCUT2D eigenvalue weighted by molar-refractivity contribution is 7.98. The third-order valence-corrected chi connectivity index (χ3v) is 5.27. The monoisotopic (exact) mass is 305 g/mol. The van der Waals surface area contributed by atoms with Crippen molar-refractivity contribution < 1.29 is 9.90 Å². The first-order valence-corrected chi connectivity index (χ1v) is 8.25. The Balaban J connectivity index is 1.64. The molecule has 1 aliphatic carbocycles. The standard InChI is InChI=1S/C15H19N3O2S/c1-10-5-11(2)18-7-12(17-14(18)16-10)8-21-9-15(3-4-15)6-13(19)20/h5,7H,3-4,6,8-9H2,1-2H3,(H,19,20). The summed E-state index contributed by atoms with van der Waals surface area (Å²) in [5, 5.41) is 8.92. The molecule has 1 fully saturated rings. The fourth-order valence-corrected chi connectivity index (χ4v) is 3.90. The fraction of sp³-hybridized carbons (Fsp3) is 0.533. The van der Waals surface area contributed by atoms with Crippen LogP contribution in [0, 0.1) is 19.3 Å². The number of carbonyl (C=O) groups is 1. The topological polar surface area (TPSA) is 67.5 Å². The van der Waals surface area contributed by atoms with E-state index in [0.29, 0.717) is 6.42 Å². The summed E-state index contributed by atoms with van der Waals surface area (Å²) in [5.41, 5.74) is 3.15. The fourth-order valence-electron chi connectivity index (χ4n) is 2.63. The molecule has 0 unspecified atom stereocenters. The number of aliphatic carboxylic acids is 1. The Kier molecular flexibility index (Phi) is 3.65. The molecule has 2 heterocycles. The predicted octanol–water partition coefficient (Wildman–Crippen LogP) is 2.83. The molecule has 1 saturated carbocycles. The van der Waals surface area contributed by atoms with Gasteiger partial charge in [0.2, 0.25) is 5.78 Å². The summed E-state index contributed by atoms with van der Waals surface area (Å²) in [5.74, 6) is 1.77. The van der Waals surface area contributed by atoms with Gasteiger partial charge in [-0.3, -0.25) is 9.20 Å². The molecule has 0 saturated heterocycles. The van der Waals surface area contributed by atoms with Crippen LogP contribution in [0.25, 0.3) is 5.78 Å². The normalized spacial score (nSPS) is 16.3. The number of thioether (sulfide) groups is 1. The highest BCUT2D eigenvalue weighted by atomic mass is 32.2. The third-order valence-electron chi connectivity index (χ3n) is 3.95. The van der Waals surface area contributed by atoms with Crippen molar-refractivity contribution in [1.82, 2.24) is 14.4 Å². The van der Waals surface area contributed by atoms with E-state index in [0.717, 1.165) is 47.2 Å². The van der Waals surface area contributed by atoms with Crippen LogP contribution >= 0.6 is 11.8 Å². The Morgan fingerprint density at radius 1 is 1.43 bits per heavy atom. The lowest BCUT2D eigenvalue weighted by Gasteiger charge is -2.10. The van der Waals surface area contributed by atoms with Crippen LogP contribution in [0.1, 0.15) is 36.3 Å². The maximum Gasteiger partial charge on any atom is 0.303 e. The molecule has 0 aromatic carbocycles. The lowest BCUT2D eigenvalue weighted by atomic mass is 10.1. The largest absolute Gasteiger partial charge is 0.481 e. The smallest absolute Gasteiger partial charge is 0.303 e. The van der Waals surface area contributed by atoms with Crippen LogP contribution in [-0.4, -0.2) is 31.2 Å². The Labute approximate surface area is 127 Å². The van der Waals surface area contributed by atoms with Crippen molar-refractivity contribution in [2.24, 2.45) is 5.41 Å². The number of carboxylic acids is 1. The molecule has 0 amide bonds. The first-order valence-electron chi connectivity index (χ1n) is 7.09. The highest BCUT2D eigenvalue weighted by Crippen LogP contribution is 2.51. The van der Waals surface area contributed by atoms with Crippen LogP contribution in [0.3, 0.4) is 0 Å². The van der Waals surface area contributed by atoms with Gasteiger partial charge in [-0.1, -0.05) is 0 Å². The van der Waals surface area contributed by atoms with E-state index >= 15 is 0 Å². The number of aromatic nitrogens is 3. The molecule has 1 aliphatic rings. The summed E-state index contributed by atoms with van der Waals surface area (Å²) in [7, 11) is 0. The van der Waals surface area contributed by atoms with Gasteiger partial charge in [0.15, 0.2) is 0 Å². The molecule has 2 aromatic rings. The van der Waals surface area contributed by atoms with Crippen molar-refractivity contribution >= 4 is 23.5 Å². The summed E-state index contributed by atoms with van der Waals surface area (Å²) < 4.78 is 2.01. The van der Waals surface area contributed by atoms with Crippen LogP contribution in [0.15, 0.2) is 12.3 Å². The molecule has 0 spiro atoms. The van der Waals surface area contributed by atoms with E-state index in [9.17, 15) is 4.79 Å². The molecule has 2 aromatic heterocycles. The molecule has 0 aliphatic heterocycles. The van der Waals surface area contributed by atoms with Gasteiger partial charge in [0.25, 0.3) is 0 Å². The minimum atomic E-state index is -0.684. The zero-order valence-electron chi connectivity index (χ0n) is 12.3. The van der Waals surface area contributed by atoms with E-state index < -0.39 is 5.97 Å². The Morgan fingerprint density at radius 2 is 2.19 bits per heavy atom. The van der Waals surface area contributed by atoms with E-state index in [2.05, 4.69) is 9.97 Å². The van der Waals surface area contributed by atoms with E-state index in [-0.39, 0.29) is 5.41 Å². The van der Waals surface area contributed by atoms with Crippen molar-refractivity contribution in [3.8, 4) is 0 Å². The summed E-state index contributed by atoms with van der Waals surface area (Å²) in [4.78, 5) is 19.8. The van der Waals surface area contributed by atoms with Gasteiger partial charge in [0.05, 0.1) is 12.1 Å². The third kappa shape index (κ3) is 3.20. The van der Waals surface area contributed by atoms with Crippen LogP contribution < -0.4 is 0 Å². The van der Waals surface area contributed by atoms with Crippen molar-refractivity contribution in [2.75, 3.05) is 5.75 Å². The van der Waals surface area contributed by atoms with Gasteiger partial charge in [0, 0.05) is 23.3 Å². The number of hydrogen-bond donors (Lipinski definition) is 1. The molecule has 112 valence electrons. The van der Waals surface area contributed by atoms with Crippen molar-refractivity contribution in [3.63, 3.8) is 0 Å². The second-order valence-corrected chi connectivity index (χ2v) is 6.99. The maximum absolute atomic E-state index is 10.8. The molecule has 0 bridgehead atoms. The van der Waals surface area contributed by atoms with Crippen molar-refractivity contribution in [1.29, 1.82) is 0 Å². The minimum absolute atomic E-state index is 0.0421. The highest BCUT2D eigenvalue weighted by Gasteiger charge is 2.44. The molecule has 0 atom stereocenters. The van der Waals surface area contributed by atoms with Crippen molar-refractivity contribution in [3.05, 3.63) is 29.3 Å². The van der Waals surface area contributed by atoms with E-state index in [1.54, 1.807) is 11.8 Å². The average Bonchev–Trinajstić information content (AvgIpc) is 2.98. The van der Waals surface area contributed by atoms with Gasteiger partial charge >= 0.3 is 5.97 Å². The SMILES string of the molecule is Cc1cc(C)n2cc(CSCC3(CC(=O)O)CC3)nc2n1. The zero-order valence-corrected chi connectivity index (χ0v) is 13.1. The zero-order chi connectivity index (χ0) is 15.0. The van der Waals surface area contributed by atoms with Gasteiger partial charge in [-0.05, 0) is 43.9 Å². The van der Waals surface area contributed by atoms with E-state index in [1.807, 2.05) is 30.5 Å². The summed E-state index contributed by atoms with van der Waals surface area (Å²) >= 11 is 1.78. The van der Waals surface area contributed by atoms with Crippen LogP contribution in [0.4, 0.5) is 0 Å². The molecule has 0 radical (unpaired) electrons. The van der Waals surface area contributed by atoms with Crippen LogP contribution in [-0.2, 0) is 10.5 Å². The number of aryl methyl sites for hydroxylation is 2. The molecule has 21 heavy (non-hydrogen) atoms. The quantitative estimate of drug-likeness (QED) is 0.889. The lowest BCUT2D eigenvalue weighted by Crippen LogP contribution is -2.11. The number of carboxylic acid groups (broad SMARTS) is 1. The maximum atomic E-state index is 10.8. The molecular weight excluding hydrogens is 286 g/mol. The van der Waals surface area contributed by atoms with Crippen LogP contribution in [0.2, 0.25) is 0 Å². The molecule has 3 rings (SSSR count). The predicted molar refractivity (Wildman–Crippen MR) is 82.5 cm³/mol. The number of fused-ring (bicyclic) bond motifs is 1. The number of nitrogens with zero attached hydrogens (tertiary/aromatic N) is 3. The van der Waals surface area contributed by atoms with E-state index in [1.165, 1.54) is 0 Å². The average molecular weight is 305 g/mol. The summed E-state index contributed by atoms with van der Waals surface area (Å²) in [6.07, 6.45) is 4.40.